The molecule has 0 saturated carbocycles. The minimum absolute atomic E-state index is 0.180. The minimum Gasteiger partial charge on any atom is -0.454 e. The number of aryl methyl sites for hydroxylation is 1. The van der Waals surface area contributed by atoms with Crippen molar-refractivity contribution < 1.29 is 17.9 Å². The molecule has 0 spiro atoms. The summed E-state index contributed by atoms with van der Waals surface area (Å²) in [6.45, 7) is 3.18. The van der Waals surface area contributed by atoms with Crippen LogP contribution in [0.15, 0.2) is 47.4 Å². The molecule has 2 aromatic rings. The van der Waals surface area contributed by atoms with E-state index in [1.165, 1.54) is 0 Å². The van der Waals surface area contributed by atoms with Crippen molar-refractivity contribution in [1.29, 1.82) is 0 Å². The number of benzene rings is 2. The molecule has 1 fully saturated rings. The molecule has 2 heterocycles. The lowest BCUT2D eigenvalue weighted by atomic mass is 9.98. The lowest BCUT2D eigenvalue weighted by molar-refractivity contribution is 0.174. The van der Waals surface area contributed by atoms with Crippen molar-refractivity contribution in [3.63, 3.8) is 0 Å². The average molecular weight is 345 g/mol. The van der Waals surface area contributed by atoms with Crippen LogP contribution in [0.4, 0.5) is 0 Å². The van der Waals surface area contributed by atoms with Crippen LogP contribution in [-0.2, 0) is 10.0 Å². The fourth-order valence-electron chi connectivity index (χ4n) is 3.31. The summed E-state index contributed by atoms with van der Waals surface area (Å²) in [6, 6.07) is 12.9. The first kappa shape index (κ1) is 15.5. The Morgan fingerprint density at radius 2 is 1.92 bits per heavy atom. The highest BCUT2D eigenvalue weighted by Crippen LogP contribution is 2.38. The highest BCUT2D eigenvalue weighted by atomic mass is 32.2. The zero-order valence-corrected chi connectivity index (χ0v) is 14.3. The van der Waals surface area contributed by atoms with Crippen LogP contribution < -0.4 is 9.47 Å². The smallest absolute Gasteiger partial charge is 0.243 e. The van der Waals surface area contributed by atoms with Gasteiger partial charge in [0, 0.05) is 13.1 Å². The van der Waals surface area contributed by atoms with Gasteiger partial charge in [-0.15, -0.1) is 0 Å². The molecule has 2 aliphatic heterocycles. The van der Waals surface area contributed by atoms with Gasteiger partial charge < -0.3 is 9.47 Å². The van der Waals surface area contributed by atoms with Gasteiger partial charge in [0.25, 0.3) is 0 Å². The van der Waals surface area contributed by atoms with Gasteiger partial charge in [0.05, 0.1) is 4.90 Å². The van der Waals surface area contributed by atoms with Gasteiger partial charge in [0.1, 0.15) is 0 Å². The van der Waals surface area contributed by atoms with Crippen LogP contribution in [0, 0.1) is 6.92 Å². The van der Waals surface area contributed by atoms with E-state index < -0.39 is 10.0 Å². The van der Waals surface area contributed by atoms with Gasteiger partial charge in [-0.05, 0) is 54.7 Å². The van der Waals surface area contributed by atoms with Crippen molar-refractivity contribution in [3.8, 4) is 11.5 Å². The lowest BCUT2D eigenvalue weighted by Gasteiger charge is -2.17. The third kappa shape index (κ3) is 2.65. The Balaban J connectivity index is 1.56. The topological polar surface area (TPSA) is 55.8 Å². The number of hydrogen-bond donors (Lipinski definition) is 0. The zero-order chi connectivity index (χ0) is 16.7. The van der Waals surface area contributed by atoms with E-state index in [0.29, 0.717) is 18.0 Å². The molecule has 0 bridgehead atoms. The van der Waals surface area contributed by atoms with E-state index in [1.54, 1.807) is 22.5 Å². The maximum atomic E-state index is 12.8. The lowest BCUT2D eigenvalue weighted by Crippen LogP contribution is -2.28. The monoisotopic (exact) mass is 345 g/mol. The van der Waals surface area contributed by atoms with Crippen LogP contribution in [0.1, 0.15) is 23.5 Å². The molecule has 1 saturated heterocycles. The Labute approximate surface area is 141 Å². The molecule has 0 radical (unpaired) electrons. The molecule has 0 N–H and O–H groups in total. The molecule has 126 valence electrons. The summed E-state index contributed by atoms with van der Waals surface area (Å²) in [4.78, 5) is 0.369. The molecular weight excluding hydrogens is 326 g/mol. The molecule has 24 heavy (non-hydrogen) atoms. The minimum atomic E-state index is -3.44. The first-order chi connectivity index (χ1) is 11.5. The quantitative estimate of drug-likeness (QED) is 0.858. The summed E-state index contributed by atoms with van der Waals surface area (Å²) in [5, 5.41) is 0. The summed E-state index contributed by atoms with van der Waals surface area (Å²) < 4.78 is 38.0. The average Bonchev–Trinajstić information content (AvgIpc) is 3.23. The van der Waals surface area contributed by atoms with Crippen molar-refractivity contribution >= 4 is 10.0 Å². The Morgan fingerprint density at radius 1 is 1.08 bits per heavy atom. The number of rotatable bonds is 3. The Hall–Kier alpha value is -2.05. The third-order valence-electron chi connectivity index (χ3n) is 4.65. The molecule has 0 aromatic heterocycles. The first-order valence-electron chi connectivity index (χ1n) is 8.00. The van der Waals surface area contributed by atoms with E-state index in [0.717, 1.165) is 29.0 Å². The van der Waals surface area contributed by atoms with Crippen molar-refractivity contribution in [2.45, 2.75) is 24.2 Å². The normalized spacial score (nSPS) is 20.5. The van der Waals surface area contributed by atoms with Gasteiger partial charge in [-0.1, -0.05) is 18.2 Å². The van der Waals surface area contributed by atoms with Gasteiger partial charge in [-0.3, -0.25) is 0 Å². The molecule has 2 aliphatic rings. The van der Waals surface area contributed by atoms with Gasteiger partial charge in [0.15, 0.2) is 11.5 Å². The van der Waals surface area contributed by atoms with E-state index in [4.69, 9.17) is 9.47 Å². The second-order valence-electron chi connectivity index (χ2n) is 6.28. The number of nitrogens with zero attached hydrogens (tertiary/aromatic N) is 1. The van der Waals surface area contributed by atoms with Crippen molar-refractivity contribution in [2.24, 2.45) is 0 Å². The Kier molecular flexibility index (Phi) is 3.73. The number of sulfonamides is 1. The van der Waals surface area contributed by atoms with Gasteiger partial charge in [-0.2, -0.15) is 4.31 Å². The van der Waals surface area contributed by atoms with Crippen molar-refractivity contribution in [2.75, 3.05) is 19.9 Å². The Morgan fingerprint density at radius 3 is 2.75 bits per heavy atom. The third-order valence-corrected chi connectivity index (χ3v) is 6.51. The van der Waals surface area contributed by atoms with Crippen LogP contribution in [0.2, 0.25) is 0 Å². The first-order valence-corrected chi connectivity index (χ1v) is 9.44. The summed E-state index contributed by atoms with van der Waals surface area (Å²) in [7, 11) is -3.44. The van der Waals surface area contributed by atoms with Crippen LogP contribution in [0.25, 0.3) is 0 Å². The zero-order valence-electron chi connectivity index (χ0n) is 13.4. The molecule has 6 heteroatoms. The van der Waals surface area contributed by atoms with Gasteiger partial charge in [0.2, 0.25) is 16.8 Å². The maximum Gasteiger partial charge on any atom is 0.243 e. The van der Waals surface area contributed by atoms with E-state index in [-0.39, 0.29) is 12.7 Å². The standard InChI is InChI=1S/C18H19NO4S/c1-13-3-2-4-16(9-13)24(20,21)19-8-7-15(11-19)14-5-6-17-18(10-14)23-12-22-17/h2-6,9-10,15H,7-8,11-12H2,1H3. The predicted molar refractivity (Wildman–Crippen MR) is 89.9 cm³/mol. The van der Waals surface area contributed by atoms with Gasteiger partial charge >= 0.3 is 0 Å². The van der Waals surface area contributed by atoms with Crippen molar-refractivity contribution in [3.05, 3.63) is 53.6 Å². The van der Waals surface area contributed by atoms with E-state index in [2.05, 4.69) is 0 Å². The van der Waals surface area contributed by atoms with E-state index in [9.17, 15) is 8.42 Å². The van der Waals surface area contributed by atoms with Crippen LogP contribution in [0.5, 0.6) is 11.5 Å². The molecule has 0 amide bonds. The maximum absolute atomic E-state index is 12.8. The van der Waals surface area contributed by atoms with Crippen LogP contribution in [-0.4, -0.2) is 32.6 Å². The summed E-state index contributed by atoms with van der Waals surface area (Å²) in [5.74, 6) is 1.67. The molecule has 1 atom stereocenters. The number of hydrogen-bond acceptors (Lipinski definition) is 4. The second-order valence-corrected chi connectivity index (χ2v) is 8.22. The van der Waals surface area contributed by atoms with E-state index in [1.807, 2.05) is 31.2 Å². The molecule has 2 aromatic carbocycles. The predicted octanol–water partition coefficient (Wildman–Crippen LogP) is 2.90. The fourth-order valence-corrected chi connectivity index (χ4v) is 4.92. The molecule has 0 aliphatic carbocycles. The largest absolute Gasteiger partial charge is 0.454 e. The highest BCUT2D eigenvalue weighted by Gasteiger charge is 2.33. The summed E-state index contributed by atoms with van der Waals surface area (Å²) >= 11 is 0. The number of ether oxygens (including phenoxy) is 2. The summed E-state index contributed by atoms with van der Waals surface area (Å²) in [5.41, 5.74) is 2.05. The number of fused-ring (bicyclic) bond motifs is 1. The molecular formula is C18H19NO4S. The Bertz CT molecular complexity index is 878. The summed E-state index contributed by atoms with van der Waals surface area (Å²) in [6.07, 6.45) is 0.810. The fraction of sp³-hybridized carbons (Fsp3) is 0.333. The molecule has 4 rings (SSSR count). The van der Waals surface area contributed by atoms with Gasteiger partial charge in [-0.25, -0.2) is 8.42 Å². The van der Waals surface area contributed by atoms with E-state index >= 15 is 0 Å². The SMILES string of the molecule is Cc1cccc(S(=O)(=O)N2CCC(c3ccc4c(c3)OCO4)C2)c1. The van der Waals surface area contributed by atoms with Crippen LogP contribution >= 0.6 is 0 Å². The highest BCUT2D eigenvalue weighted by molar-refractivity contribution is 7.89. The molecule has 5 nitrogen and oxygen atoms in total. The van der Waals surface area contributed by atoms with Crippen LogP contribution in [0.3, 0.4) is 0 Å². The second kappa shape index (κ2) is 5.79. The van der Waals surface area contributed by atoms with Crippen molar-refractivity contribution in [1.82, 2.24) is 4.31 Å². The molecule has 1 unspecified atom stereocenters.